The summed E-state index contributed by atoms with van der Waals surface area (Å²) in [5.74, 6) is 1.60. The van der Waals surface area contributed by atoms with Gasteiger partial charge in [-0.3, -0.25) is 9.59 Å². The third-order valence-corrected chi connectivity index (χ3v) is 6.41. The standard InChI is InChI=1S/C25H26N4O4/c1-32-21-11-9-20(10-12-21)29-15-18(14-22(29)30)24(31)26-19-8-4-7-17(13-19)23-27-25(33-28-23)16-5-2-3-6-16/h4,7-13,16,18H,2-3,5-6,14-15H2,1H3,(H,26,31)/t18-/m1/s1. The lowest BCUT2D eigenvalue weighted by molar-refractivity contribution is -0.122. The Kier molecular flexibility index (Phi) is 5.81. The van der Waals surface area contributed by atoms with Crippen LogP contribution < -0.4 is 15.0 Å². The number of aromatic nitrogens is 2. The van der Waals surface area contributed by atoms with Gasteiger partial charge in [0.1, 0.15) is 5.75 Å². The van der Waals surface area contributed by atoms with Gasteiger partial charge in [-0.05, 0) is 49.2 Å². The first-order valence-corrected chi connectivity index (χ1v) is 11.3. The average molecular weight is 447 g/mol. The van der Waals surface area contributed by atoms with Gasteiger partial charge >= 0.3 is 0 Å². The lowest BCUT2D eigenvalue weighted by atomic mass is 10.1. The highest BCUT2D eigenvalue weighted by molar-refractivity contribution is 6.03. The summed E-state index contributed by atoms with van der Waals surface area (Å²) >= 11 is 0. The molecule has 1 N–H and O–H groups in total. The summed E-state index contributed by atoms with van der Waals surface area (Å²) in [6.45, 7) is 0.340. The Balaban J connectivity index is 1.25. The highest BCUT2D eigenvalue weighted by Crippen LogP contribution is 2.34. The molecule has 8 heteroatoms. The fraction of sp³-hybridized carbons (Fsp3) is 0.360. The number of carbonyl (C=O) groups excluding carboxylic acids is 2. The minimum atomic E-state index is -0.428. The molecule has 1 aliphatic heterocycles. The van der Waals surface area contributed by atoms with Crippen LogP contribution in [0.2, 0.25) is 0 Å². The Hall–Kier alpha value is -3.68. The predicted molar refractivity (Wildman–Crippen MR) is 123 cm³/mol. The summed E-state index contributed by atoms with van der Waals surface area (Å²) in [5.41, 5.74) is 2.18. The normalized spacial score (nSPS) is 18.6. The van der Waals surface area contributed by atoms with Crippen molar-refractivity contribution in [3.63, 3.8) is 0 Å². The van der Waals surface area contributed by atoms with Gasteiger partial charge in [0.2, 0.25) is 23.5 Å². The van der Waals surface area contributed by atoms with E-state index < -0.39 is 5.92 Å². The van der Waals surface area contributed by atoms with Crippen LogP contribution in [0.3, 0.4) is 0 Å². The number of hydrogen-bond acceptors (Lipinski definition) is 6. The van der Waals surface area contributed by atoms with E-state index in [9.17, 15) is 9.59 Å². The minimum absolute atomic E-state index is 0.0692. The molecule has 33 heavy (non-hydrogen) atoms. The Labute approximate surface area is 191 Å². The van der Waals surface area contributed by atoms with Gasteiger partial charge in [-0.2, -0.15) is 4.98 Å². The zero-order valence-electron chi connectivity index (χ0n) is 18.5. The van der Waals surface area contributed by atoms with Crippen molar-refractivity contribution in [2.75, 3.05) is 23.9 Å². The summed E-state index contributed by atoms with van der Waals surface area (Å²) in [7, 11) is 1.60. The van der Waals surface area contributed by atoms with E-state index in [2.05, 4.69) is 15.5 Å². The second-order valence-corrected chi connectivity index (χ2v) is 8.61. The smallest absolute Gasteiger partial charge is 0.230 e. The van der Waals surface area contributed by atoms with Crippen LogP contribution >= 0.6 is 0 Å². The second kappa shape index (κ2) is 9.05. The summed E-state index contributed by atoms with van der Waals surface area (Å²) in [6, 6.07) is 14.6. The van der Waals surface area contributed by atoms with Crippen LogP contribution in [0.4, 0.5) is 11.4 Å². The molecule has 0 bridgehead atoms. The van der Waals surface area contributed by atoms with Crippen LogP contribution in [0.1, 0.15) is 43.9 Å². The molecule has 2 fully saturated rings. The highest BCUT2D eigenvalue weighted by Gasteiger charge is 2.35. The van der Waals surface area contributed by atoms with Gasteiger partial charge in [0.05, 0.1) is 13.0 Å². The van der Waals surface area contributed by atoms with Crippen molar-refractivity contribution < 1.29 is 18.8 Å². The summed E-state index contributed by atoms with van der Waals surface area (Å²) in [6.07, 6.45) is 4.75. The number of hydrogen-bond donors (Lipinski definition) is 1. The number of benzene rings is 2. The quantitative estimate of drug-likeness (QED) is 0.603. The zero-order valence-corrected chi connectivity index (χ0v) is 18.5. The molecule has 0 unspecified atom stereocenters. The molecule has 2 amide bonds. The van der Waals surface area contributed by atoms with E-state index in [1.54, 1.807) is 24.1 Å². The number of rotatable bonds is 6. The van der Waals surface area contributed by atoms with Gasteiger partial charge < -0.3 is 19.5 Å². The van der Waals surface area contributed by atoms with Crippen LogP contribution in [0.5, 0.6) is 5.75 Å². The van der Waals surface area contributed by atoms with Crippen LogP contribution in [0, 0.1) is 5.92 Å². The Bertz CT molecular complexity index is 1150. The number of ether oxygens (including phenoxy) is 1. The topological polar surface area (TPSA) is 97.6 Å². The maximum atomic E-state index is 12.9. The van der Waals surface area contributed by atoms with E-state index in [1.165, 1.54) is 12.8 Å². The molecule has 2 heterocycles. The predicted octanol–water partition coefficient (Wildman–Crippen LogP) is 4.39. The third-order valence-electron chi connectivity index (χ3n) is 6.41. The van der Waals surface area contributed by atoms with Gasteiger partial charge in [0, 0.05) is 35.8 Å². The monoisotopic (exact) mass is 446 g/mol. The van der Waals surface area contributed by atoms with Crippen LogP contribution in [0.15, 0.2) is 53.1 Å². The van der Waals surface area contributed by atoms with E-state index in [0.29, 0.717) is 29.9 Å². The maximum absolute atomic E-state index is 12.9. The highest BCUT2D eigenvalue weighted by atomic mass is 16.5. The molecule has 1 saturated heterocycles. The molecule has 2 aliphatic rings. The van der Waals surface area contributed by atoms with Crippen molar-refractivity contribution >= 4 is 23.2 Å². The maximum Gasteiger partial charge on any atom is 0.230 e. The van der Waals surface area contributed by atoms with Crippen molar-refractivity contribution in [3.8, 4) is 17.1 Å². The first-order valence-electron chi connectivity index (χ1n) is 11.3. The molecule has 5 rings (SSSR count). The molecule has 0 radical (unpaired) electrons. The first kappa shape index (κ1) is 21.2. The van der Waals surface area contributed by atoms with Crippen molar-refractivity contribution in [3.05, 3.63) is 54.4 Å². The van der Waals surface area contributed by atoms with Gasteiger partial charge in [-0.1, -0.05) is 30.1 Å². The van der Waals surface area contributed by atoms with Gasteiger partial charge in [0.15, 0.2) is 0 Å². The molecular formula is C25H26N4O4. The second-order valence-electron chi connectivity index (χ2n) is 8.61. The lowest BCUT2D eigenvalue weighted by Crippen LogP contribution is -2.28. The Morgan fingerprint density at radius 3 is 2.70 bits per heavy atom. The largest absolute Gasteiger partial charge is 0.497 e. The number of carbonyl (C=O) groups is 2. The van der Waals surface area contributed by atoms with Crippen molar-refractivity contribution in [1.29, 1.82) is 0 Å². The summed E-state index contributed by atoms with van der Waals surface area (Å²) < 4.78 is 10.7. The van der Waals surface area contributed by atoms with Crippen molar-refractivity contribution in [2.24, 2.45) is 5.92 Å². The molecule has 1 atom stereocenters. The molecular weight excluding hydrogens is 420 g/mol. The fourth-order valence-corrected chi connectivity index (χ4v) is 4.57. The zero-order chi connectivity index (χ0) is 22.8. The van der Waals surface area contributed by atoms with E-state index in [1.807, 2.05) is 36.4 Å². The van der Waals surface area contributed by atoms with Gasteiger partial charge in [0.25, 0.3) is 0 Å². The Morgan fingerprint density at radius 2 is 1.94 bits per heavy atom. The molecule has 1 aliphatic carbocycles. The summed E-state index contributed by atoms with van der Waals surface area (Å²) in [4.78, 5) is 31.7. The molecule has 2 aromatic carbocycles. The van der Waals surface area contributed by atoms with E-state index in [0.717, 1.165) is 29.8 Å². The molecule has 1 saturated carbocycles. The van der Waals surface area contributed by atoms with Gasteiger partial charge in [-0.15, -0.1) is 0 Å². The van der Waals surface area contributed by atoms with E-state index in [-0.39, 0.29) is 18.2 Å². The molecule has 1 aromatic heterocycles. The molecule has 170 valence electrons. The number of nitrogens with one attached hydrogen (secondary N) is 1. The molecule has 0 spiro atoms. The average Bonchev–Trinajstić information content (AvgIpc) is 3.60. The number of methoxy groups -OCH3 is 1. The summed E-state index contributed by atoms with van der Waals surface area (Å²) in [5, 5.41) is 7.08. The van der Waals surface area contributed by atoms with Crippen LogP contribution in [-0.4, -0.2) is 35.6 Å². The third kappa shape index (κ3) is 4.46. The first-order chi connectivity index (χ1) is 16.1. The van der Waals surface area contributed by atoms with Crippen molar-refractivity contribution in [1.82, 2.24) is 10.1 Å². The fourth-order valence-electron chi connectivity index (χ4n) is 4.57. The van der Waals surface area contributed by atoms with Crippen LogP contribution in [0.25, 0.3) is 11.4 Å². The van der Waals surface area contributed by atoms with E-state index >= 15 is 0 Å². The lowest BCUT2D eigenvalue weighted by Gasteiger charge is -2.17. The van der Waals surface area contributed by atoms with Crippen molar-refractivity contribution in [2.45, 2.75) is 38.0 Å². The van der Waals surface area contributed by atoms with Gasteiger partial charge in [-0.25, -0.2) is 0 Å². The SMILES string of the molecule is COc1ccc(N2C[C@H](C(=O)Nc3cccc(-c4noc(C5CCCC5)n4)c3)CC2=O)cc1. The minimum Gasteiger partial charge on any atom is -0.497 e. The molecule has 8 nitrogen and oxygen atoms in total. The number of amides is 2. The molecule has 3 aromatic rings. The number of anilines is 2. The van der Waals surface area contributed by atoms with E-state index in [4.69, 9.17) is 9.26 Å². The van der Waals surface area contributed by atoms with Crippen LogP contribution in [-0.2, 0) is 9.59 Å². The Morgan fingerprint density at radius 1 is 1.15 bits per heavy atom. The number of nitrogens with zero attached hydrogens (tertiary/aromatic N) is 3.